The summed E-state index contributed by atoms with van der Waals surface area (Å²) in [5.41, 5.74) is 0.929. The fourth-order valence-corrected chi connectivity index (χ4v) is 0.905. The molecule has 1 aromatic rings. The van der Waals surface area contributed by atoms with E-state index in [-0.39, 0.29) is 6.42 Å². The van der Waals surface area contributed by atoms with Gasteiger partial charge in [-0.3, -0.25) is 4.79 Å². The zero-order valence-electron chi connectivity index (χ0n) is 9.10. The topological polar surface area (TPSA) is 37.3 Å². The fourth-order valence-electron chi connectivity index (χ4n) is 0.905. The second-order valence-corrected chi connectivity index (χ2v) is 2.50. The van der Waals surface area contributed by atoms with Gasteiger partial charge in [-0.05, 0) is 12.0 Å². The maximum Gasteiger partial charge on any atom is 0.303 e. The molecular weight excluding hydrogens is 164 g/mol. The first kappa shape index (κ1) is 6.89. The summed E-state index contributed by atoms with van der Waals surface area (Å²) in [5, 5.41) is 8.53. The van der Waals surface area contributed by atoms with Crippen LogP contribution in [0.4, 0.5) is 0 Å². The zero-order valence-corrected chi connectivity index (χ0v) is 7.10. The second-order valence-electron chi connectivity index (χ2n) is 2.50. The summed E-state index contributed by atoms with van der Waals surface area (Å²) < 4.78 is 14.3. The first-order chi connectivity index (χ1) is 7.02. The van der Waals surface area contributed by atoms with Gasteiger partial charge in [0.05, 0.1) is 0 Å². The van der Waals surface area contributed by atoms with E-state index in [1.165, 1.54) is 6.08 Å². The summed E-state index contributed by atoms with van der Waals surface area (Å²) >= 11 is 0. The Morgan fingerprint density at radius 1 is 1.46 bits per heavy atom. The molecule has 1 aromatic carbocycles. The van der Waals surface area contributed by atoms with Gasteiger partial charge in [0.15, 0.2) is 0 Å². The largest absolute Gasteiger partial charge is 0.481 e. The van der Waals surface area contributed by atoms with Crippen molar-refractivity contribution >= 4 is 12.0 Å². The quantitative estimate of drug-likeness (QED) is 0.769. The molecule has 0 bridgehead atoms. The normalized spacial score (nSPS) is 13.8. The Bertz CT molecular complexity index is 358. The number of carbonyl (C=O) groups is 1. The highest BCUT2D eigenvalue weighted by atomic mass is 16.4. The lowest BCUT2D eigenvalue weighted by atomic mass is 10.2. The van der Waals surface area contributed by atoms with Gasteiger partial charge in [0.25, 0.3) is 0 Å². The molecule has 0 aliphatic rings. The molecule has 0 heterocycles. The molecule has 0 amide bonds. The molecule has 0 unspecified atom stereocenters. The summed E-state index contributed by atoms with van der Waals surface area (Å²) in [6.07, 6.45) is 0.923. The van der Waals surface area contributed by atoms with Crippen molar-refractivity contribution in [3.05, 3.63) is 42.0 Å². The lowest BCUT2D eigenvalue weighted by Gasteiger charge is -1.90. The monoisotopic (exact) mass is 178 g/mol. The summed E-state index contributed by atoms with van der Waals surface area (Å²) in [4.78, 5) is 10.5. The summed E-state index contributed by atoms with van der Waals surface area (Å²) in [6, 6.07) is 9.35. The van der Waals surface area contributed by atoms with Gasteiger partial charge in [0, 0.05) is 9.11 Å². The minimum atomic E-state index is -2.19. The third-order valence-corrected chi connectivity index (χ3v) is 1.48. The van der Waals surface area contributed by atoms with Crippen molar-refractivity contribution in [2.75, 3.05) is 0 Å². The molecule has 2 nitrogen and oxygen atoms in total. The molecule has 0 radical (unpaired) electrons. The van der Waals surface area contributed by atoms with E-state index in [1.54, 1.807) is 6.08 Å². The van der Waals surface area contributed by atoms with Crippen molar-refractivity contribution in [1.29, 1.82) is 0 Å². The van der Waals surface area contributed by atoms with Crippen LogP contribution in [0.15, 0.2) is 36.4 Å². The fraction of sp³-hybridized carbons (Fsp3) is 0.182. The van der Waals surface area contributed by atoms with Crippen LogP contribution in [-0.2, 0) is 4.79 Å². The smallest absolute Gasteiger partial charge is 0.303 e. The number of hydrogen-bond acceptors (Lipinski definition) is 1. The van der Waals surface area contributed by atoms with Crippen LogP contribution in [0.25, 0.3) is 6.08 Å². The summed E-state index contributed by atoms with van der Waals surface area (Å²) in [6.45, 7) is 0. The number of rotatable bonds is 4. The molecule has 68 valence electrons. The molecule has 1 rings (SSSR count). The predicted molar refractivity (Wildman–Crippen MR) is 52.3 cm³/mol. The second kappa shape index (κ2) is 5.14. The number of carboxylic acids is 1. The maximum absolute atomic E-state index is 10.5. The molecule has 2 heteroatoms. The number of benzene rings is 1. The lowest BCUT2D eigenvalue weighted by molar-refractivity contribution is -0.136. The maximum atomic E-state index is 10.5. The van der Waals surface area contributed by atoms with E-state index in [0.717, 1.165) is 5.56 Å². The Morgan fingerprint density at radius 2 is 2.15 bits per heavy atom. The van der Waals surface area contributed by atoms with Gasteiger partial charge in [0.2, 0.25) is 0 Å². The Labute approximate surface area is 80.3 Å². The lowest BCUT2D eigenvalue weighted by Crippen LogP contribution is -1.91. The van der Waals surface area contributed by atoms with Gasteiger partial charge in [-0.25, -0.2) is 0 Å². The van der Waals surface area contributed by atoms with E-state index in [2.05, 4.69) is 0 Å². The van der Waals surface area contributed by atoms with Gasteiger partial charge < -0.3 is 5.11 Å². The van der Waals surface area contributed by atoms with Gasteiger partial charge in [-0.2, -0.15) is 0 Å². The standard InChI is InChI=1S/C11H12O2/c12-11(13)9-5-4-8-10-6-2-1-3-7-10/h1-4,6-8H,5,9H2,(H,12,13)/b8-4+/i9D2. The molecule has 0 spiro atoms. The van der Waals surface area contributed by atoms with Crippen LogP contribution in [0.5, 0.6) is 0 Å². The third kappa shape index (κ3) is 4.11. The Balaban J connectivity index is 2.58. The molecule has 0 aromatic heterocycles. The van der Waals surface area contributed by atoms with Crippen molar-refractivity contribution < 1.29 is 12.6 Å². The molecule has 0 fully saturated rings. The number of allylic oxidation sites excluding steroid dienone is 1. The van der Waals surface area contributed by atoms with Gasteiger partial charge >= 0.3 is 5.97 Å². The van der Waals surface area contributed by atoms with Crippen molar-refractivity contribution in [2.24, 2.45) is 0 Å². The van der Waals surface area contributed by atoms with E-state index in [1.807, 2.05) is 30.3 Å². The highest BCUT2D eigenvalue weighted by Gasteiger charge is 1.91. The molecule has 0 saturated heterocycles. The van der Waals surface area contributed by atoms with Crippen molar-refractivity contribution in [3.8, 4) is 0 Å². The van der Waals surface area contributed by atoms with Gasteiger partial charge in [-0.1, -0.05) is 42.5 Å². The van der Waals surface area contributed by atoms with Crippen molar-refractivity contribution in [1.82, 2.24) is 0 Å². The first-order valence-electron chi connectivity index (χ1n) is 4.97. The average Bonchev–Trinajstić information content (AvgIpc) is 2.19. The molecule has 0 aliphatic heterocycles. The van der Waals surface area contributed by atoms with E-state index in [9.17, 15) is 4.79 Å². The predicted octanol–water partition coefficient (Wildman–Crippen LogP) is 2.56. The van der Waals surface area contributed by atoms with E-state index in [4.69, 9.17) is 7.85 Å². The van der Waals surface area contributed by atoms with Crippen LogP contribution in [0.1, 0.15) is 21.1 Å². The molecule has 13 heavy (non-hydrogen) atoms. The zero-order chi connectivity index (χ0) is 11.3. The summed E-state index contributed by atoms with van der Waals surface area (Å²) in [5.74, 6) is -1.43. The van der Waals surface area contributed by atoms with Crippen LogP contribution >= 0.6 is 0 Å². The van der Waals surface area contributed by atoms with Crippen molar-refractivity contribution in [3.63, 3.8) is 0 Å². The van der Waals surface area contributed by atoms with Crippen LogP contribution < -0.4 is 0 Å². The van der Waals surface area contributed by atoms with Crippen molar-refractivity contribution in [2.45, 2.75) is 12.8 Å². The number of hydrogen-bond donors (Lipinski definition) is 1. The van der Waals surface area contributed by atoms with Crippen LogP contribution in [0.2, 0.25) is 0 Å². The molecule has 1 N–H and O–H groups in total. The van der Waals surface area contributed by atoms with Crippen LogP contribution in [0, 0.1) is 0 Å². The SMILES string of the molecule is [2H]C([2H])(C/C=C/c1ccccc1)C(=O)O. The third-order valence-electron chi connectivity index (χ3n) is 1.48. The Hall–Kier alpha value is -1.57. The van der Waals surface area contributed by atoms with E-state index in [0.29, 0.717) is 0 Å². The molecule has 0 aliphatic carbocycles. The molecule has 0 atom stereocenters. The number of aliphatic carboxylic acids is 1. The van der Waals surface area contributed by atoms with E-state index >= 15 is 0 Å². The molecular formula is C11H12O2. The minimum absolute atomic E-state index is 0.128. The summed E-state index contributed by atoms with van der Waals surface area (Å²) in [7, 11) is 0. The number of carboxylic acid groups (broad SMARTS) is 1. The van der Waals surface area contributed by atoms with Gasteiger partial charge in [-0.15, -0.1) is 0 Å². The minimum Gasteiger partial charge on any atom is -0.481 e. The Morgan fingerprint density at radius 3 is 2.77 bits per heavy atom. The highest BCUT2D eigenvalue weighted by molar-refractivity contribution is 5.67. The van der Waals surface area contributed by atoms with E-state index < -0.39 is 12.3 Å². The van der Waals surface area contributed by atoms with Gasteiger partial charge in [0.1, 0.15) is 0 Å². The Kier molecular flexibility index (Phi) is 2.73. The molecule has 0 saturated carbocycles. The first-order valence-corrected chi connectivity index (χ1v) is 3.97. The highest BCUT2D eigenvalue weighted by Crippen LogP contribution is 2.02. The average molecular weight is 178 g/mol. The van der Waals surface area contributed by atoms with Crippen LogP contribution in [0.3, 0.4) is 0 Å². The van der Waals surface area contributed by atoms with Crippen LogP contribution in [-0.4, -0.2) is 11.1 Å².